The number of amides is 1. The molecule has 7 nitrogen and oxygen atoms in total. The van der Waals surface area contributed by atoms with Crippen LogP contribution in [0.5, 0.6) is 0 Å². The number of carbonyl (C=O) groups excluding carboxylic acids is 1. The molecule has 0 bridgehead atoms. The molecule has 1 saturated heterocycles. The lowest BCUT2D eigenvalue weighted by atomic mass is 10.2. The fourth-order valence-corrected chi connectivity index (χ4v) is 3.47. The molecule has 0 atom stereocenters. The van der Waals surface area contributed by atoms with E-state index in [0.717, 1.165) is 50.4 Å². The number of hydrogen-bond acceptors (Lipinski definition) is 7. The largest absolute Gasteiger partial charge is 0.340 e. The number of hydrogen-bond donors (Lipinski definition) is 1. The third-order valence-electron chi connectivity index (χ3n) is 4.16. The summed E-state index contributed by atoms with van der Waals surface area (Å²) in [7, 11) is 0. The highest BCUT2D eigenvalue weighted by molar-refractivity contribution is 7.13. The van der Waals surface area contributed by atoms with Crippen molar-refractivity contribution >= 4 is 29.7 Å². The topological polar surface area (TPSA) is 88.5 Å². The lowest BCUT2D eigenvalue weighted by Crippen LogP contribution is -2.49. The Labute approximate surface area is 157 Å². The molecule has 9 heteroatoms. The molecule has 138 valence electrons. The van der Waals surface area contributed by atoms with Crippen molar-refractivity contribution in [3.8, 4) is 10.7 Å². The van der Waals surface area contributed by atoms with Crippen molar-refractivity contribution in [1.82, 2.24) is 19.9 Å². The predicted octanol–water partition coefficient (Wildman–Crippen LogP) is 1.65. The van der Waals surface area contributed by atoms with Crippen molar-refractivity contribution in [3.63, 3.8) is 0 Å². The number of carbonyl (C=O) groups is 1. The van der Waals surface area contributed by atoms with E-state index in [4.69, 9.17) is 10.3 Å². The number of aromatic nitrogens is 2. The molecule has 1 aliphatic heterocycles. The van der Waals surface area contributed by atoms with Gasteiger partial charge in [0.15, 0.2) is 0 Å². The van der Waals surface area contributed by atoms with E-state index < -0.39 is 0 Å². The zero-order valence-electron chi connectivity index (χ0n) is 14.1. The van der Waals surface area contributed by atoms with Crippen molar-refractivity contribution in [3.05, 3.63) is 23.4 Å². The summed E-state index contributed by atoms with van der Waals surface area (Å²) in [6.07, 6.45) is 2.21. The number of rotatable bonds is 7. The molecule has 3 rings (SSSR count). The maximum Gasteiger partial charge on any atom is 0.227 e. The lowest BCUT2D eigenvalue weighted by Gasteiger charge is -2.34. The summed E-state index contributed by atoms with van der Waals surface area (Å²) in [5, 5.41) is 6.03. The van der Waals surface area contributed by atoms with Gasteiger partial charge in [0.1, 0.15) is 0 Å². The van der Waals surface area contributed by atoms with Crippen LogP contribution in [0.3, 0.4) is 0 Å². The van der Waals surface area contributed by atoms with E-state index in [9.17, 15) is 4.79 Å². The minimum absolute atomic E-state index is 0. The zero-order valence-corrected chi connectivity index (χ0v) is 15.7. The second kappa shape index (κ2) is 9.86. The average Bonchev–Trinajstić information content (AvgIpc) is 3.27. The third-order valence-corrected chi connectivity index (χ3v) is 5.02. The van der Waals surface area contributed by atoms with Crippen molar-refractivity contribution in [2.45, 2.75) is 19.3 Å². The SMILES string of the molecule is Cl.NCCC(=O)N1CCN(CCCc2nc(-c3cccs3)no2)CC1. The molecular formula is C16H24ClN5O2S. The van der Waals surface area contributed by atoms with Gasteiger partial charge < -0.3 is 15.2 Å². The smallest absolute Gasteiger partial charge is 0.227 e. The summed E-state index contributed by atoms with van der Waals surface area (Å²) >= 11 is 1.61. The Kier molecular flexibility index (Phi) is 7.83. The number of halogens is 1. The van der Waals surface area contributed by atoms with E-state index in [0.29, 0.717) is 24.7 Å². The Morgan fingerprint density at radius 2 is 2.12 bits per heavy atom. The number of nitrogens with zero attached hydrogens (tertiary/aromatic N) is 4. The van der Waals surface area contributed by atoms with Gasteiger partial charge in [-0.3, -0.25) is 9.69 Å². The van der Waals surface area contributed by atoms with Gasteiger partial charge in [-0.2, -0.15) is 4.98 Å². The molecule has 2 aromatic heterocycles. The Morgan fingerprint density at radius 1 is 1.32 bits per heavy atom. The molecule has 1 fully saturated rings. The van der Waals surface area contributed by atoms with Gasteiger partial charge in [0.25, 0.3) is 0 Å². The van der Waals surface area contributed by atoms with Gasteiger partial charge in [-0.05, 0) is 24.4 Å². The van der Waals surface area contributed by atoms with Gasteiger partial charge in [0.2, 0.25) is 17.6 Å². The van der Waals surface area contributed by atoms with Crippen LogP contribution in [-0.2, 0) is 11.2 Å². The number of nitrogens with two attached hydrogens (primary N) is 1. The summed E-state index contributed by atoms with van der Waals surface area (Å²) in [6.45, 7) is 4.83. The summed E-state index contributed by atoms with van der Waals surface area (Å²) in [5.41, 5.74) is 5.44. The average molecular weight is 386 g/mol. The van der Waals surface area contributed by atoms with Crippen molar-refractivity contribution in [1.29, 1.82) is 0 Å². The normalized spacial score (nSPS) is 15.2. The maximum absolute atomic E-state index is 11.8. The highest BCUT2D eigenvalue weighted by Gasteiger charge is 2.20. The Bertz CT molecular complexity index is 641. The summed E-state index contributed by atoms with van der Waals surface area (Å²) in [6, 6.07) is 3.97. The molecule has 3 heterocycles. The lowest BCUT2D eigenvalue weighted by molar-refractivity contribution is -0.132. The van der Waals surface area contributed by atoms with Crippen LogP contribution in [0.2, 0.25) is 0 Å². The quantitative estimate of drug-likeness (QED) is 0.779. The monoisotopic (exact) mass is 385 g/mol. The molecule has 25 heavy (non-hydrogen) atoms. The first-order chi connectivity index (χ1) is 11.8. The van der Waals surface area contributed by atoms with Gasteiger partial charge in [-0.15, -0.1) is 23.7 Å². The molecular weight excluding hydrogens is 362 g/mol. The van der Waals surface area contributed by atoms with E-state index in [1.807, 2.05) is 22.4 Å². The van der Waals surface area contributed by atoms with Crippen LogP contribution in [-0.4, -0.2) is 65.1 Å². The minimum atomic E-state index is 0. The first-order valence-corrected chi connectivity index (χ1v) is 9.21. The number of aryl methyl sites for hydroxylation is 1. The summed E-state index contributed by atoms with van der Waals surface area (Å²) in [4.78, 5) is 21.6. The third kappa shape index (κ3) is 5.50. The van der Waals surface area contributed by atoms with Crippen LogP contribution in [0, 0.1) is 0 Å². The van der Waals surface area contributed by atoms with Crippen LogP contribution >= 0.6 is 23.7 Å². The molecule has 0 saturated carbocycles. The molecule has 0 radical (unpaired) electrons. The standard InChI is InChI=1S/C16H23N5O2S.ClH/c17-6-5-15(22)21-10-8-20(9-11-21)7-1-4-14-18-16(19-23-14)13-3-2-12-24-13;/h2-3,12H,1,4-11,17H2;1H. The van der Waals surface area contributed by atoms with Crippen LogP contribution in [0.1, 0.15) is 18.7 Å². The Hall–Kier alpha value is -1.48. The van der Waals surface area contributed by atoms with Gasteiger partial charge in [-0.1, -0.05) is 11.2 Å². The summed E-state index contributed by atoms with van der Waals surface area (Å²) < 4.78 is 5.32. The molecule has 2 N–H and O–H groups in total. The van der Waals surface area contributed by atoms with Crippen LogP contribution < -0.4 is 5.73 Å². The van der Waals surface area contributed by atoms with E-state index in [2.05, 4.69) is 15.0 Å². The Morgan fingerprint density at radius 3 is 2.80 bits per heavy atom. The minimum Gasteiger partial charge on any atom is -0.340 e. The molecule has 0 unspecified atom stereocenters. The molecule has 0 aliphatic carbocycles. The predicted molar refractivity (Wildman–Crippen MR) is 99.9 cm³/mol. The van der Waals surface area contributed by atoms with E-state index in [1.54, 1.807) is 11.3 Å². The van der Waals surface area contributed by atoms with Crippen LogP contribution in [0.4, 0.5) is 0 Å². The molecule has 2 aromatic rings. The maximum atomic E-state index is 11.8. The van der Waals surface area contributed by atoms with E-state index >= 15 is 0 Å². The highest BCUT2D eigenvalue weighted by atomic mass is 35.5. The van der Waals surface area contributed by atoms with Crippen molar-refractivity contribution in [2.24, 2.45) is 5.73 Å². The number of piperazine rings is 1. The van der Waals surface area contributed by atoms with Gasteiger partial charge >= 0.3 is 0 Å². The van der Waals surface area contributed by atoms with E-state index in [-0.39, 0.29) is 18.3 Å². The fraction of sp³-hybridized carbons (Fsp3) is 0.562. The van der Waals surface area contributed by atoms with Crippen LogP contribution in [0.25, 0.3) is 10.7 Å². The second-order valence-electron chi connectivity index (χ2n) is 5.85. The zero-order chi connectivity index (χ0) is 16.8. The molecule has 1 aliphatic rings. The van der Waals surface area contributed by atoms with Crippen molar-refractivity contribution in [2.75, 3.05) is 39.3 Å². The first-order valence-electron chi connectivity index (χ1n) is 8.33. The Balaban J connectivity index is 0.00000225. The second-order valence-corrected chi connectivity index (χ2v) is 6.80. The first kappa shape index (κ1) is 19.8. The van der Waals surface area contributed by atoms with Gasteiger partial charge in [0.05, 0.1) is 4.88 Å². The van der Waals surface area contributed by atoms with Gasteiger partial charge in [0, 0.05) is 45.6 Å². The molecule has 1 amide bonds. The summed E-state index contributed by atoms with van der Waals surface area (Å²) in [5.74, 6) is 1.53. The molecule has 0 spiro atoms. The van der Waals surface area contributed by atoms with Gasteiger partial charge in [-0.25, -0.2) is 0 Å². The fourth-order valence-electron chi connectivity index (χ4n) is 2.82. The molecule has 0 aromatic carbocycles. The van der Waals surface area contributed by atoms with Crippen LogP contribution in [0.15, 0.2) is 22.0 Å². The van der Waals surface area contributed by atoms with E-state index in [1.165, 1.54) is 0 Å². The van der Waals surface area contributed by atoms with Crippen molar-refractivity contribution < 1.29 is 9.32 Å². The highest BCUT2D eigenvalue weighted by Crippen LogP contribution is 2.21. The number of thiophene rings is 1.